The van der Waals surface area contributed by atoms with Crippen molar-refractivity contribution in [3.63, 3.8) is 0 Å². The fraction of sp³-hybridized carbons (Fsp3) is 1.00. The zero-order valence-corrected chi connectivity index (χ0v) is 19.2. The molecule has 4 rings (SSSR count). The first-order valence-electron chi connectivity index (χ1n) is 12.8. The molecule has 0 aromatic carbocycles. The Kier molecular flexibility index (Phi) is 6.42. The van der Waals surface area contributed by atoms with E-state index in [9.17, 15) is 10.2 Å². The number of hydrogen-bond acceptors (Lipinski definition) is 3. The molecule has 4 unspecified atom stereocenters. The van der Waals surface area contributed by atoms with Gasteiger partial charge in [-0.1, -0.05) is 40.0 Å². The fourth-order valence-corrected chi connectivity index (χ4v) is 9.13. The molecule has 4 aliphatic rings. The molecule has 3 N–H and O–H groups in total. The lowest BCUT2D eigenvalue weighted by atomic mass is 9.43. The van der Waals surface area contributed by atoms with Crippen molar-refractivity contribution in [3.05, 3.63) is 0 Å². The average molecular weight is 407 g/mol. The Hall–Kier alpha value is -0.120. The van der Waals surface area contributed by atoms with Crippen molar-refractivity contribution in [1.29, 1.82) is 0 Å². The lowest BCUT2D eigenvalue weighted by Gasteiger charge is -2.62. The Morgan fingerprint density at radius 2 is 1.59 bits per heavy atom. The Labute approximate surface area is 178 Å². The summed E-state index contributed by atoms with van der Waals surface area (Å²) in [6.45, 7) is 7.88. The summed E-state index contributed by atoms with van der Waals surface area (Å²) in [5.74, 6) is 3.89. The van der Waals surface area contributed by atoms with Crippen LogP contribution in [0, 0.1) is 46.3 Å². The van der Waals surface area contributed by atoms with E-state index in [1.807, 2.05) is 0 Å². The second kappa shape index (κ2) is 8.43. The molecule has 4 aliphatic carbocycles. The predicted octanol–water partition coefficient (Wildman–Crippen LogP) is 5.17. The second-order valence-electron chi connectivity index (χ2n) is 12.0. The van der Waals surface area contributed by atoms with Crippen LogP contribution in [0.2, 0.25) is 0 Å². The van der Waals surface area contributed by atoms with Crippen LogP contribution in [0.1, 0.15) is 97.8 Å². The minimum atomic E-state index is -0.161. The highest BCUT2D eigenvalue weighted by atomic mass is 16.3. The molecule has 0 heterocycles. The van der Waals surface area contributed by atoms with Crippen molar-refractivity contribution in [2.24, 2.45) is 46.3 Å². The third kappa shape index (κ3) is 3.72. The highest BCUT2D eigenvalue weighted by Crippen LogP contribution is 2.68. The van der Waals surface area contributed by atoms with E-state index in [0.717, 1.165) is 50.4 Å². The number of aliphatic hydroxyl groups excluding tert-OH is 3. The third-order valence-corrected chi connectivity index (χ3v) is 10.7. The smallest absolute Gasteiger partial charge is 0.0577 e. The maximum atomic E-state index is 11.3. The highest BCUT2D eigenvalue weighted by Gasteiger charge is 2.62. The fourth-order valence-electron chi connectivity index (χ4n) is 9.13. The largest absolute Gasteiger partial charge is 0.396 e. The van der Waals surface area contributed by atoms with Crippen LogP contribution in [0.4, 0.5) is 0 Å². The zero-order chi connectivity index (χ0) is 20.8. The van der Waals surface area contributed by atoms with Gasteiger partial charge in [0.15, 0.2) is 0 Å². The minimum absolute atomic E-state index is 0.145. The van der Waals surface area contributed by atoms with Gasteiger partial charge in [-0.25, -0.2) is 0 Å². The molecule has 168 valence electrons. The lowest BCUT2D eigenvalue weighted by Crippen LogP contribution is -2.58. The van der Waals surface area contributed by atoms with Gasteiger partial charge in [0, 0.05) is 6.61 Å². The summed E-state index contributed by atoms with van der Waals surface area (Å²) in [7, 11) is 0. The maximum absolute atomic E-state index is 11.3. The van der Waals surface area contributed by atoms with Gasteiger partial charge in [-0.15, -0.1) is 0 Å². The van der Waals surface area contributed by atoms with Crippen LogP contribution in [0.5, 0.6) is 0 Å². The summed E-state index contributed by atoms with van der Waals surface area (Å²) in [5, 5.41) is 30.6. The summed E-state index contributed by atoms with van der Waals surface area (Å²) >= 11 is 0. The minimum Gasteiger partial charge on any atom is -0.396 e. The van der Waals surface area contributed by atoms with Crippen molar-refractivity contribution < 1.29 is 15.3 Å². The second-order valence-corrected chi connectivity index (χ2v) is 12.0. The quantitative estimate of drug-likeness (QED) is 0.534. The summed E-state index contributed by atoms with van der Waals surface area (Å²) in [6.07, 6.45) is 13.5. The third-order valence-electron chi connectivity index (χ3n) is 10.7. The molecule has 0 spiro atoms. The first kappa shape index (κ1) is 22.1. The highest BCUT2D eigenvalue weighted by molar-refractivity contribution is 5.11. The summed E-state index contributed by atoms with van der Waals surface area (Å²) in [5.41, 5.74) is 0.731. The standard InChI is InChI=1S/C26H46O3/c1-17(7-5-4-6-14-27)20-8-9-21-24-22(11-13-26(20,21)3)25(2)12-10-19(28)15-18(25)16-23(24)29/h17-24,27-29H,4-16H2,1-3H3/t17-,18+,19-,20-,21?,22?,23+,24?,25?,26-/m1/s1. The van der Waals surface area contributed by atoms with E-state index in [1.165, 1.54) is 38.5 Å². The molecule has 10 atom stereocenters. The number of fused-ring (bicyclic) bond motifs is 5. The number of hydrogen-bond donors (Lipinski definition) is 3. The molecule has 3 nitrogen and oxygen atoms in total. The molecule has 0 radical (unpaired) electrons. The molecule has 3 heteroatoms. The van der Waals surface area contributed by atoms with Gasteiger partial charge in [-0.2, -0.15) is 0 Å². The normalized spacial score (nSPS) is 50.5. The van der Waals surface area contributed by atoms with Gasteiger partial charge in [0.25, 0.3) is 0 Å². The predicted molar refractivity (Wildman–Crippen MR) is 117 cm³/mol. The molecule has 0 bridgehead atoms. The molecule has 0 aromatic rings. The van der Waals surface area contributed by atoms with E-state index < -0.39 is 0 Å². The molecule has 29 heavy (non-hydrogen) atoms. The SMILES string of the molecule is C[C@H](CCCCCO)[C@H]1CCC2C3C(CC[C@@]21C)C1(C)CC[C@@H](O)C[C@H]1C[C@@H]3O. The van der Waals surface area contributed by atoms with Crippen LogP contribution in [0.3, 0.4) is 0 Å². The Balaban J connectivity index is 1.49. The number of aliphatic hydroxyl groups is 3. The topological polar surface area (TPSA) is 60.7 Å². The zero-order valence-electron chi connectivity index (χ0n) is 19.2. The van der Waals surface area contributed by atoms with Crippen molar-refractivity contribution in [2.75, 3.05) is 6.61 Å². The van der Waals surface area contributed by atoms with Crippen LogP contribution in [0.15, 0.2) is 0 Å². The van der Waals surface area contributed by atoms with Crippen LogP contribution in [-0.2, 0) is 0 Å². The van der Waals surface area contributed by atoms with Gasteiger partial charge in [-0.3, -0.25) is 0 Å². The van der Waals surface area contributed by atoms with Crippen molar-refractivity contribution in [1.82, 2.24) is 0 Å². The molecule has 0 amide bonds. The molecule has 0 aromatic heterocycles. The van der Waals surface area contributed by atoms with Crippen LogP contribution < -0.4 is 0 Å². The summed E-state index contributed by atoms with van der Waals surface area (Å²) in [4.78, 5) is 0. The molecular formula is C26H46O3. The Morgan fingerprint density at radius 1 is 0.862 bits per heavy atom. The molecule has 4 saturated carbocycles. The molecule has 0 saturated heterocycles. The van der Waals surface area contributed by atoms with E-state index in [0.29, 0.717) is 41.1 Å². The van der Waals surface area contributed by atoms with Gasteiger partial charge < -0.3 is 15.3 Å². The van der Waals surface area contributed by atoms with E-state index >= 15 is 0 Å². The van der Waals surface area contributed by atoms with Crippen LogP contribution in [0.25, 0.3) is 0 Å². The van der Waals surface area contributed by atoms with Gasteiger partial charge in [0.1, 0.15) is 0 Å². The maximum Gasteiger partial charge on any atom is 0.0577 e. The Morgan fingerprint density at radius 3 is 2.34 bits per heavy atom. The molecular weight excluding hydrogens is 360 g/mol. The van der Waals surface area contributed by atoms with Crippen LogP contribution in [-0.4, -0.2) is 34.1 Å². The van der Waals surface area contributed by atoms with Crippen molar-refractivity contribution in [3.8, 4) is 0 Å². The van der Waals surface area contributed by atoms with Crippen LogP contribution >= 0.6 is 0 Å². The summed E-state index contributed by atoms with van der Waals surface area (Å²) in [6, 6.07) is 0. The number of rotatable bonds is 6. The Bertz CT molecular complexity index is 564. The average Bonchev–Trinajstić information content (AvgIpc) is 3.04. The first-order valence-corrected chi connectivity index (χ1v) is 12.8. The summed E-state index contributed by atoms with van der Waals surface area (Å²) < 4.78 is 0. The first-order chi connectivity index (χ1) is 13.8. The van der Waals surface area contributed by atoms with Gasteiger partial charge in [0.2, 0.25) is 0 Å². The van der Waals surface area contributed by atoms with Crippen molar-refractivity contribution in [2.45, 2.75) is 110 Å². The van der Waals surface area contributed by atoms with E-state index in [2.05, 4.69) is 20.8 Å². The molecule has 4 fully saturated rings. The molecule has 0 aliphatic heterocycles. The van der Waals surface area contributed by atoms with Crippen molar-refractivity contribution >= 4 is 0 Å². The van der Waals surface area contributed by atoms with E-state index in [1.54, 1.807) is 0 Å². The van der Waals surface area contributed by atoms with Gasteiger partial charge >= 0.3 is 0 Å². The van der Waals surface area contributed by atoms with E-state index in [4.69, 9.17) is 5.11 Å². The monoisotopic (exact) mass is 406 g/mol. The lowest BCUT2D eigenvalue weighted by molar-refractivity contribution is -0.174. The van der Waals surface area contributed by atoms with E-state index in [-0.39, 0.29) is 12.2 Å². The van der Waals surface area contributed by atoms with Gasteiger partial charge in [-0.05, 0) is 104 Å². The van der Waals surface area contributed by atoms with Gasteiger partial charge in [0.05, 0.1) is 12.2 Å². The number of unbranched alkanes of at least 4 members (excludes halogenated alkanes) is 2.